The van der Waals surface area contributed by atoms with E-state index < -0.39 is 0 Å². The summed E-state index contributed by atoms with van der Waals surface area (Å²) in [6.07, 6.45) is 0. The SMILES string of the molecule is CC(=O)N(Cc1ccc(Br)cc1)c1nc2nc(C)c(C)c(=O)n2[nH]1. The monoisotopic (exact) mass is 389 g/mol. The number of carbonyl (C=O) groups excluding carboxylic acids is 1. The van der Waals surface area contributed by atoms with Crippen molar-refractivity contribution in [1.82, 2.24) is 19.6 Å². The van der Waals surface area contributed by atoms with Crippen LogP contribution in [0.5, 0.6) is 0 Å². The van der Waals surface area contributed by atoms with Crippen molar-refractivity contribution in [2.75, 3.05) is 4.90 Å². The molecule has 1 amide bonds. The fourth-order valence-electron chi connectivity index (χ4n) is 2.32. The summed E-state index contributed by atoms with van der Waals surface area (Å²) in [6.45, 7) is 5.27. The number of halogens is 1. The van der Waals surface area contributed by atoms with E-state index in [2.05, 4.69) is 31.0 Å². The van der Waals surface area contributed by atoms with E-state index in [1.165, 1.54) is 16.3 Å². The number of carbonyl (C=O) groups is 1. The number of anilines is 1. The number of nitrogens with zero attached hydrogens (tertiary/aromatic N) is 4. The molecule has 0 radical (unpaired) electrons. The molecule has 0 saturated carbocycles. The first kappa shape index (κ1) is 16.4. The molecule has 0 atom stereocenters. The standard InChI is InChI=1S/C16H16BrN5O2/c1-9-10(2)18-15-19-16(20-22(15)14(9)24)21(11(3)23)8-12-4-6-13(17)7-5-12/h4-7H,8H2,1-3H3,(H,18,19,20). The lowest BCUT2D eigenvalue weighted by atomic mass is 10.2. The summed E-state index contributed by atoms with van der Waals surface area (Å²) in [5.41, 5.74) is 1.90. The van der Waals surface area contributed by atoms with Gasteiger partial charge in [-0.05, 0) is 31.5 Å². The van der Waals surface area contributed by atoms with Crippen molar-refractivity contribution in [2.45, 2.75) is 27.3 Å². The Morgan fingerprint density at radius 2 is 1.92 bits per heavy atom. The summed E-state index contributed by atoms with van der Waals surface area (Å²) in [5.74, 6) is 0.360. The van der Waals surface area contributed by atoms with Crippen LogP contribution < -0.4 is 10.5 Å². The molecule has 1 N–H and O–H groups in total. The second kappa shape index (κ2) is 6.20. The highest BCUT2D eigenvalue weighted by Gasteiger charge is 2.18. The van der Waals surface area contributed by atoms with Crippen molar-refractivity contribution in [2.24, 2.45) is 0 Å². The molecule has 24 heavy (non-hydrogen) atoms. The summed E-state index contributed by atoms with van der Waals surface area (Å²) in [5, 5.41) is 2.87. The number of aryl methyl sites for hydroxylation is 1. The Hall–Kier alpha value is -2.48. The van der Waals surface area contributed by atoms with Crippen molar-refractivity contribution in [3.8, 4) is 0 Å². The first-order chi connectivity index (χ1) is 11.4. The van der Waals surface area contributed by atoms with Gasteiger partial charge in [-0.25, -0.2) is 4.98 Å². The number of fused-ring (bicyclic) bond motifs is 1. The van der Waals surface area contributed by atoms with Crippen molar-refractivity contribution in [3.63, 3.8) is 0 Å². The number of hydrogen-bond acceptors (Lipinski definition) is 4. The van der Waals surface area contributed by atoms with Gasteiger partial charge in [0.25, 0.3) is 11.3 Å². The smallest absolute Gasteiger partial charge is 0.277 e. The fraction of sp³-hybridized carbons (Fsp3) is 0.250. The Kier molecular flexibility index (Phi) is 4.23. The molecule has 8 heteroatoms. The normalized spacial score (nSPS) is 11.0. The molecule has 3 aromatic rings. The minimum absolute atomic E-state index is 0.182. The van der Waals surface area contributed by atoms with E-state index in [4.69, 9.17) is 0 Å². The van der Waals surface area contributed by atoms with Crippen LogP contribution in [0.15, 0.2) is 33.5 Å². The summed E-state index contributed by atoms with van der Waals surface area (Å²) >= 11 is 3.38. The number of amides is 1. The molecular weight excluding hydrogens is 374 g/mol. The number of aromatic nitrogens is 4. The van der Waals surface area contributed by atoms with Crippen LogP contribution in [0, 0.1) is 13.8 Å². The summed E-state index contributed by atoms with van der Waals surface area (Å²) < 4.78 is 2.22. The Morgan fingerprint density at radius 3 is 2.54 bits per heavy atom. The Morgan fingerprint density at radius 1 is 1.25 bits per heavy atom. The molecule has 0 saturated heterocycles. The average Bonchev–Trinajstić information content (AvgIpc) is 2.95. The van der Waals surface area contributed by atoms with Crippen LogP contribution >= 0.6 is 15.9 Å². The zero-order valence-electron chi connectivity index (χ0n) is 13.5. The van der Waals surface area contributed by atoms with E-state index in [1.807, 2.05) is 24.3 Å². The predicted molar refractivity (Wildman–Crippen MR) is 94.1 cm³/mol. The third-order valence-electron chi connectivity index (χ3n) is 3.84. The molecule has 0 unspecified atom stereocenters. The van der Waals surface area contributed by atoms with Crippen LogP contribution in [-0.4, -0.2) is 25.5 Å². The first-order valence-corrected chi connectivity index (χ1v) is 8.14. The lowest BCUT2D eigenvalue weighted by molar-refractivity contribution is -0.116. The summed E-state index contributed by atoms with van der Waals surface area (Å²) in [4.78, 5) is 34.4. The molecule has 3 rings (SSSR count). The molecule has 0 bridgehead atoms. The molecule has 0 aliphatic heterocycles. The summed E-state index contributed by atoms with van der Waals surface area (Å²) in [7, 11) is 0. The molecule has 0 aliphatic carbocycles. The van der Waals surface area contributed by atoms with Crippen LogP contribution in [0.25, 0.3) is 5.78 Å². The molecule has 1 aromatic carbocycles. The van der Waals surface area contributed by atoms with Crippen LogP contribution in [0.1, 0.15) is 23.7 Å². The van der Waals surface area contributed by atoms with Gasteiger partial charge < -0.3 is 0 Å². The minimum atomic E-state index is -0.219. The van der Waals surface area contributed by atoms with Gasteiger partial charge in [0.15, 0.2) is 0 Å². The van der Waals surface area contributed by atoms with E-state index in [-0.39, 0.29) is 17.2 Å². The highest BCUT2D eigenvalue weighted by Crippen LogP contribution is 2.16. The number of nitrogens with one attached hydrogen (secondary N) is 1. The van der Waals surface area contributed by atoms with Crippen LogP contribution in [0.3, 0.4) is 0 Å². The van der Waals surface area contributed by atoms with Gasteiger partial charge in [0, 0.05) is 22.7 Å². The van der Waals surface area contributed by atoms with Gasteiger partial charge in [0.2, 0.25) is 11.9 Å². The molecule has 0 aliphatic rings. The van der Waals surface area contributed by atoms with E-state index in [1.54, 1.807) is 13.8 Å². The van der Waals surface area contributed by atoms with Crippen LogP contribution in [0.4, 0.5) is 5.95 Å². The first-order valence-electron chi connectivity index (χ1n) is 7.35. The Labute approximate surface area is 146 Å². The van der Waals surface area contributed by atoms with E-state index >= 15 is 0 Å². The zero-order chi connectivity index (χ0) is 17.4. The lowest BCUT2D eigenvalue weighted by Crippen LogP contribution is -2.29. The van der Waals surface area contributed by atoms with Gasteiger partial charge >= 0.3 is 0 Å². The quantitative estimate of drug-likeness (QED) is 0.744. The van der Waals surface area contributed by atoms with Crippen LogP contribution in [0.2, 0.25) is 0 Å². The van der Waals surface area contributed by atoms with Crippen LogP contribution in [-0.2, 0) is 11.3 Å². The van der Waals surface area contributed by atoms with Gasteiger partial charge in [-0.2, -0.15) is 9.50 Å². The maximum absolute atomic E-state index is 12.3. The second-order valence-electron chi connectivity index (χ2n) is 5.54. The van der Waals surface area contributed by atoms with Crippen molar-refractivity contribution >= 4 is 33.6 Å². The highest BCUT2D eigenvalue weighted by atomic mass is 79.9. The number of hydrogen-bond donors (Lipinski definition) is 1. The van der Waals surface area contributed by atoms with Crippen molar-refractivity contribution in [3.05, 3.63) is 55.9 Å². The van der Waals surface area contributed by atoms with Gasteiger partial charge in [-0.1, -0.05) is 28.1 Å². The Bertz CT molecular complexity index is 975. The number of aromatic amines is 1. The van der Waals surface area contributed by atoms with Gasteiger partial charge in [0.05, 0.1) is 6.54 Å². The van der Waals surface area contributed by atoms with Crippen molar-refractivity contribution in [1.29, 1.82) is 0 Å². The van der Waals surface area contributed by atoms with Gasteiger partial charge in [-0.15, -0.1) is 0 Å². The van der Waals surface area contributed by atoms with Crippen molar-refractivity contribution < 1.29 is 4.79 Å². The highest BCUT2D eigenvalue weighted by molar-refractivity contribution is 9.10. The molecule has 0 fully saturated rings. The predicted octanol–water partition coefficient (Wildman–Crippen LogP) is 2.35. The summed E-state index contributed by atoms with van der Waals surface area (Å²) in [6, 6.07) is 7.65. The number of benzene rings is 1. The lowest BCUT2D eigenvalue weighted by Gasteiger charge is -2.17. The number of H-pyrrole nitrogens is 1. The molecular formula is C16H16BrN5O2. The van der Waals surface area contributed by atoms with Gasteiger partial charge in [-0.3, -0.25) is 19.6 Å². The maximum Gasteiger partial charge on any atom is 0.277 e. The maximum atomic E-state index is 12.3. The molecule has 2 aromatic heterocycles. The molecule has 2 heterocycles. The molecule has 7 nitrogen and oxygen atoms in total. The average molecular weight is 390 g/mol. The number of rotatable bonds is 3. The Balaban J connectivity index is 2.04. The minimum Gasteiger partial charge on any atom is -0.277 e. The topological polar surface area (TPSA) is 83.4 Å². The van der Waals surface area contributed by atoms with Gasteiger partial charge in [0.1, 0.15) is 0 Å². The molecule has 0 spiro atoms. The van der Waals surface area contributed by atoms with E-state index in [0.29, 0.717) is 23.8 Å². The zero-order valence-corrected chi connectivity index (χ0v) is 15.1. The van der Waals surface area contributed by atoms with E-state index in [9.17, 15) is 9.59 Å². The molecule has 124 valence electrons. The second-order valence-corrected chi connectivity index (χ2v) is 6.46. The fourth-order valence-corrected chi connectivity index (χ4v) is 2.59. The van der Waals surface area contributed by atoms with E-state index in [0.717, 1.165) is 10.0 Å². The largest absolute Gasteiger partial charge is 0.277 e. The third-order valence-corrected chi connectivity index (χ3v) is 4.37. The third kappa shape index (κ3) is 2.96.